The van der Waals surface area contributed by atoms with Crippen molar-refractivity contribution >= 4 is 0 Å². The van der Waals surface area contributed by atoms with Crippen molar-refractivity contribution in [2.45, 2.75) is 32.7 Å². The summed E-state index contributed by atoms with van der Waals surface area (Å²) in [6.45, 7) is 6.20. The number of aromatic nitrogens is 1. The van der Waals surface area contributed by atoms with E-state index in [1.54, 1.807) is 0 Å². The third-order valence-corrected chi connectivity index (χ3v) is 2.87. The molecule has 0 bridgehead atoms. The van der Waals surface area contributed by atoms with Crippen LogP contribution in [0.2, 0.25) is 0 Å². The van der Waals surface area contributed by atoms with Crippen LogP contribution < -0.4 is 5.73 Å². The minimum absolute atomic E-state index is 0.166. The van der Waals surface area contributed by atoms with E-state index in [0.717, 1.165) is 17.9 Å². The van der Waals surface area contributed by atoms with Crippen LogP contribution >= 0.6 is 0 Å². The molecule has 0 saturated heterocycles. The van der Waals surface area contributed by atoms with E-state index in [1.807, 2.05) is 13.0 Å². The summed E-state index contributed by atoms with van der Waals surface area (Å²) >= 11 is 0. The molecule has 1 aromatic heterocycles. The van der Waals surface area contributed by atoms with Gasteiger partial charge in [-0.05, 0) is 18.8 Å². The molecule has 0 aromatic carbocycles. The van der Waals surface area contributed by atoms with Crippen LogP contribution in [0.5, 0.6) is 0 Å². The van der Waals surface area contributed by atoms with E-state index in [2.05, 4.69) is 19.0 Å². The van der Waals surface area contributed by atoms with Gasteiger partial charge in [-0.25, -0.2) is 0 Å². The first kappa shape index (κ1) is 7.80. The van der Waals surface area contributed by atoms with Crippen LogP contribution in [-0.2, 0) is 5.54 Å². The molecule has 1 fully saturated rings. The lowest BCUT2D eigenvalue weighted by atomic mass is 10.0. The molecule has 0 radical (unpaired) electrons. The summed E-state index contributed by atoms with van der Waals surface area (Å²) in [5.41, 5.74) is 6.92. The van der Waals surface area contributed by atoms with Crippen molar-refractivity contribution in [3.05, 3.63) is 17.5 Å². The number of nitrogens with zero attached hydrogens (tertiary/aromatic N) is 1. The van der Waals surface area contributed by atoms with E-state index in [-0.39, 0.29) is 11.0 Å². The van der Waals surface area contributed by atoms with Crippen molar-refractivity contribution < 1.29 is 4.52 Å². The second-order valence-electron chi connectivity index (χ2n) is 4.36. The zero-order valence-electron chi connectivity index (χ0n) is 7.72. The fourth-order valence-corrected chi connectivity index (χ4v) is 1.65. The molecule has 2 N–H and O–H groups in total. The van der Waals surface area contributed by atoms with Crippen molar-refractivity contribution in [3.8, 4) is 0 Å². The highest BCUT2D eigenvalue weighted by molar-refractivity contribution is 5.28. The van der Waals surface area contributed by atoms with E-state index in [1.165, 1.54) is 0 Å². The zero-order chi connectivity index (χ0) is 8.98. The van der Waals surface area contributed by atoms with Crippen LogP contribution in [0.3, 0.4) is 0 Å². The Bertz CT molecular complexity index is 316. The van der Waals surface area contributed by atoms with Gasteiger partial charge in [-0.3, -0.25) is 0 Å². The quantitative estimate of drug-likeness (QED) is 0.689. The van der Waals surface area contributed by atoms with Crippen molar-refractivity contribution in [2.75, 3.05) is 0 Å². The molecule has 12 heavy (non-hydrogen) atoms. The summed E-state index contributed by atoms with van der Waals surface area (Å²) in [6.07, 6.45) is 0.981. The number of aryl methyl sites for hydroxylation is 1. The summed E-state index contributed by atoms with van der Waals surface area (Å²) in [6, 6.07) is 1.93. The summed E-state index contributed by atoms with van der Waals surface area (Å²) in [5, 5.41) is 3.83. The molecule has 1 aliphatic rings. The summed E-state index contributed by atoms with van der Waals surface area (Å²) < 4.78 is 5.15. The maximum absolute atomic E-state index is 6.13. The third kappa shape index (κ3) is 0.829. The number of hydrogen-bond donors (Lipinski definition) is 1. The van der Waals surface area contributed by atoms with E-state index in [0.29, 0.717) is 0 Å². The van der Waals surface area contributed by atoms with Gasteiger partial charge in [-0.15, -0.1) is 0 Å². The third-order valence-electron chi connectivity index (χ3n) is 2.87. The predicted octanol–water partition coefficient (Wildman–Crippen LogP) is 1.57. The van der Waals surface area contributed by atoms with Gasteiger partial charge in [0.05, 0.1) is 11.2 Å². The summed E-state index contributed by atoms with van der Waals surface area (Å²) in [4.78, 5) is 0. The molecule has 1 saturated carbocycles. The average Bonchev–Trinajstić information content (AvgIpc) is 2.37. The Balaban J connectivity index is 2.34. The molecule has 3 nitrogen and oxygen atoms in total. The van der Waals surface area contributed by atoms with Crippen LogP contribution in [-0.4, -0.2) is 5.16 Å². The molecular formula is C9H14N2O. The molecular weight excluding hydrogens is 152 g/mol. The Morgan fingerprint density at radius 3 is 2.50 bits per heavy atom. The van der Waals surface area contributed by atoms with E-state index < -0.39 is 0 Å². The van der Waals surface area contributed by atoms with Crippen LogP contribution in [0.15, 0.2) is 10.6 Å². The van der Waals surface area contributed by atoms with Gasteiger partial charge in [0.15, 0.2) is 5.76 Å². The van der Waals surface area contributed by atoms with Gasteiger partial charge >= 0.3 is 0 Å². The summed E-state index contributed by atoms with van der Waals surface area (Å²) in [7, 11) is 0. The molecule has 1 aromatic rings. The second kappa shape index (κ2) is 1.91. The molecule has 0 amide bonds. The highest BCUT2D eigenvalue weighted by Gasteiger charge is 2.62. The normalized spacial score (nSPS) is 32.0. The molecule has 1 unspecified atom stereocenters. The maximum atomic E-state index is 6.13. The Morgan fingerprint density at radius 1 is 1.58 bits per heavy atom. The molecule has 1 atom stereocenters. The highest BCUT2D eigenvalue weighted by atomic mass is 16.5. The van der Waals surface area contributed by atoms with Gasteiger partial charge in [-0.2, -0.15) is 0 Å². The van der Waals surface area contributed by atoms with Gasteiger partial charge in [0, 0.05) is 6.07 Å². The van der Waals surface area contributed by atoms with Crippen molar-refractivity contribution in [1.29, 1.82) is 0 Å². The van der Waals surface area contributed by atoms with Gasteiger partial charge < -0.3 is 10.3 Å². The number of rotatable bonds is 1. The second-order valence-corrected chi connectivity index (χ2v) is 4.36. The topological polar surface area (TPSA) is 52.0 Å². The fraction of sp³-hybridized carbons (Fsp3) is 0.667. The minimum Gasteiger partial charge on any atom is -0.359 e. The van der Waals surface area contributed by atoms with E-state index in [9.17, 15) is 0 Å². The smallest absolute Gasteiger partial charge is 0.157 e. The summed E-state index contributed by atoms with van der Waals surface area (Å²) in [5.74, 6) is 0.824. The molecule has 3 heteroatoms. The molecule has 2 rings (SSSR count). The fourth-order valence-electron chi connectivity index (χ4n) is 1.65. The van der Waals surface area contributed by atoms with Gasteiger partial charge in [0.1, 0.15) is 0 Å². The van der Waals surface area contributed by atoms with Crippen LogP contribution in [0.1, 0.15) is 31.7 Å². The van der Waals surface area contributed by atoms with Gasteiger partial charge in [0.2, 0.25) is 0 Å². The molecule has 1 heterocycles. The first-order valence-corrected chi connectivity index (χ1v) is 4.18. The Hall–Kier alpha value is -0.830. The Kier molecular flexibility index (Phi) is 1.24. The van der Waals surface area contributed by atoms with Crippen LogP contribution in [0, 0.1) is 12.3 Å². The van der Waals surface area contributed by atoms with Gasteiger partial charge in [-0.1, -0.05) is 19.0 Å². The Labute approximate surface area is 71.9 Å². The number of hydrogen-bond acceptors (Lipinski definition) is 3. The minimum atomic E-state index is -0.270. The molecule has 0 aliphatic heterocycles. The largest absolute Gasteiger partial charge is 0.359 e. The lowest BCUT2D eigenvalue weighted by Gasteiger charge is -2.09. The van der Waals surface area contributed by atoms with Crippen molar-refractivity contribution in [1.82, 2.24) is 5.16 Å². The monoisotopic (exact) mass is 166 g/mol. The molecule has 1 aliphatic carbocycles. The van der Waals surface area contributed by atoms with Crippen molar-refractivity contribution in [3.63, 3.8) is 0 Å². The molecule has 0 spiro atoms. The Morgan fingerprint density at radius 2 is 2.17 bits per heavy atom. The SMILES string of the molecule is Cc1cc(C2(N)CC2(C)C)on1. The van der Waals surface area contributed by atoms with E-state index in [4.69, 9.17) is 10.3 Å². The lowest BCUT2D eigenvalue weighted by Crippen LogP contribution is -2.24. The standard InChI is InChI=1S/C9H14N2O/c1-6-4-7(12-11-6)9(10)5-8(9,2)3/h4H,5,10H2,1-3H3. The van der Waals surface area contributed by atoms with Crippen molar-refractivity contribution in [2.24, 2.45) is 11.1 Å². The first-order valence-electron chi connectivity index (χ1n) is 4.18. The average molecular weight is 166 g/mol. The van der Waals surface area contributed by atoms with Crippen LogP contribution in [0.4, 0.5) is 0 Å². The van der Waals surface area contributed by atoms with Crippen LogP contribution in [0.25, 0.3) is 0 Å². The molecule has 66 valence electrons. The van der Waals surface area contributed by atoms with E-state index >= 15 is 0 Å². The van der Waals surface area contributed by atoms with Gasteiger partial charge in [0.25, 0.3) is 0 Å². The lowest BCUT2D eigenvalue weighted by molar-refractivity contribution is 0.327. The maximum Gasteiger partial charge on any atom is 0.157 e. The predicted molar refractivity (Wildman–Crippen MR) is 45.5 cm³/mol. The number of nitrogens with two attached hydrogens (primary N) is 1. The highest BCUT2D eigenvalue weighted by Crippen LogP contribution is 2.60. The first-order chi connectivity index (χ1) is 5.46. The zero-order valence-corrected chi connectivity index (χ0v) is 7.72.